The number of aromatic nitrogens is 1. The number of pyridine rings is 1. The third-order valence-corrected chi connectivity index (χ3v) is 7.25. The summed E-state index contributed by atoms with van der Waals surface area (Å²) in [5.74, 6) is 1.38. The zero-order valence-corrected chi connectivity index (χ0v) is 21.0. The molecule has 0 bridgehead atoms. The Labute approximate surface area is 220 Å². The second-order valence-electron chi connectivity index (χ2n) is 9.84. The number of hydrogen-bond donors (Lipinski definition) is 0. The summed E-state index contributed by atoms with van der Waals surface area (Å²) in [7, 11) is 0. The van der Waals surface area contributed by atoms with Crippen LogP contribution in [-0.2, 0) is 19.1 Å². The molecule has 0 radical (unpaired) electrons. The van der Waals surface area contributed by atoms with Gasteiger partial charge in [-0.1, -0.05) is 24.3 Å². The monoisotopic (exact) mass is 525 g/mol. The number of amides is 1. The number of nitrogens with zero attached hydrogens (tertiary/aromatic N) is 3. The molecule has 6 nitrogen and oxygen atoms in total. The molecule has 1 saturated heterocycles. The van der Waals surface area contributed by atoms with Gasteiger partial charge in [-0.25, -0.2) is 9.78 Å². The summed E-state index contributed by atoms with van der Waals surface area (Å²) in [5.41, 5.74) is 2.06. The number of carbonyl (C=O) groups is 1. The summed E-state index contributed by atoms with van der Waals surface area (Å²) < 4.78 is 49.0. The van der Waals surface area contributed by atoms with E-state index in [9.17, 15) is 18.0 Å². The SMILES string of the molecule is O=C(Oc1ccc(Oc2ccc(C(F)(F)F)cn2)cc1)N1CCC(CCN2CCc3ccccc3C2)CC1. The fourth-order valence-electron chi connectivity index (χ4n) is 4.98. The Kier molecular flexibility index (Phi) is 7.83. The van der Waals surface area contributed by atoms with Crippen molar-refractivity contribution in [3.05, 3.63) is 83.6 Å². The molecule has 0 unspecified atom stereocenters. The molecule has 0 N–H and O–H groups in total. The highest BCUT2D eigenvalue weighted by Crippen LogP contribution is 2.30. The number of halogens is 3. The topological polar surface area (TPSA) is 54.9 Å². The molecule has 0 spiro atoms. The van der Waals surface area contributed by atoms with Crippen molar-refractivity contribution < 1.29 is 27.4 Å². The van der Waals surface area contributed by atoms with E-state index in [1.54, 1.807) is 29.2 Å². The molecule has 2 aliphatic heterocycles. The van der Waals surface area contributed by atoms with Crippen LogP contribution in [-0.4, -0.2) is 47.1 Å². The largest absolute Gasteiger partial charge is 0.439 e. The zero-order chi connectivity index (χ0) is 26.5. The van der Waals surface area contributed by atoms with E-state index >= 15 is 0 Å². The molecule has 0 atom stereocenters. The van der Waals surface area contributed by atoms with Crippen LogP contribution in [0.4, 0.5) is 18.0 Å². The first-order valence-corrected chi connectivity index (χ1v) is 12.9. The first-order chi connectivity index (χ1) is 18.3. The summed E-state index contributed by atoms with van der Waals surface area (Å²) in [5, 5.41) is 0. The molecule has 2 aromatic carbocycles. The predicted octanol–water partition coefficient (Wildman–Crippen LogP) is 6.55. The highest BCUT2D eigenvalue weighted by molar-refractivity contribution is 5.70. The average Bonchev–Trinajstić information content (AvgIpc) is 2.93. The number of likely N-dealkylation sites (tertiary alicyclic amines) is 1. The highest BCUT2D eigenvalue weighted by atomic mass is 19.4. The second-order valence-corrected chi connectivity index (χ2v) is 9.84. The zero-order valence-electron chi connectivity index (χ0n) is 21.0. The van der Waals surface area contributed by atoms with Gasteiger partial charge in [0, 0.05) is 38.4 Å². The van der Waals surface area contributed by atoms with E-state index in [4.69, 9.17) is 9.47 Å². The van der Waals surface area contributed by atoms with Gasteiger partial charge in [0.2, 0.25) is 5.88 Å². The van der Waals surface area contributed by atoms with Gasteiger partial charge in [-0.2, -0.15) is 13.2 Å². The molecule has 1 fully saturated rings. The Bertz CT molecular complexity index is 1220. The Morgan fingerprint density at radius 2 is 1.63 bits per heavy atom. The molecule has 3 aromatic rings. The minimum Gasteiger partial charge on any atom is -0.439 e. The lowest BCUT2D eigenvalue weighted by Gasteiger charge is -2.34. The van der Waals surface area contributed by atoms with Crippen LogP contribution >= 0.6 is 0 Å². The van der Waals surface area contributed by atoms with Crippen molar-refractivity contribution in [1.29, 1.82) is 0 Å². The fraction of sp³-hybridized carbons (Fsp3) is 0.379. The van der Waals surface area contributed by atoms with Gasteiger partial charge < -0.3 is 14.4 Å². The highest BCUT2D eigenvalue weighted by Gasteiger charge is 2.31. The van der Waals surface area contributed by atoms with Gasteiger partial charge in [0.05, 0.1) is 5.56 Å². The molecule has 1 amide bonds. The van der Waals surface area contributed by atoms with Crippen molar-refractivity contribution in [3.63, 3.8) is 0 Å². The standard InChI is InChI=1S/C29H30F3N3O3/c30-29(31,32)24-5-10-27(33-19-24)37-25-6-8-26(9-7-25)38-28(36)35-17-12-21(13-18-35)11-15-34-16-14-22-3-1-2-4-23(22)20-34/h1-10,19,21H,11-18,20H2. The normalized spacial score (nSPS) is 16.7. The molecule has 3 heterocycles. The van der Waals surface area contributed by atoms with Gasteiger partial charge in [0.25, 0.3) is 0 Å². The maximum Gasteiger partial charge on any atom is 0.417 e. The average molecular weight is 526 g/mol. The van der Waals surface area contributed by atoms with E-state index in [-0.39, 0.29) is 12.0 Å². The van der Waals surface area contributed by atoms with Crippen LogP contribution in [0, 0.1) is 5.92 Å². The quantitative estimate of drug-likeness (QED) is 0.365. The summed E-state index contributed by atoms with van der Waals surface area (Å²) >= 11 is 0. The van der Waals surface area contributed by atoms with Crippen molar-refractivity contribution in [2.24, 2.45) is 5.92 Å². The number of carbonyl (C=O) groups excluding carboxylic acids is 1. The Hall–Kier alpha value is -3.59. The van der Waals surface area contributed by atoms with Crippen LogP contribution in [0.5, 0.6) is 17.4 Å². The van der Waals surface area contributed by atoms with Crippen molar-refractivity contribution in [2.75, 3.05) is 26.2 Å². The fourth-order valence-corrected chi connectivity index (χ4v) is 4.98. The van der Waals surface area contributed by atoms with Gasteiger partial charge in [-0.05, 0) is 79.6 Å². The lowest BCUT2D eigenvalue weighted by Crippen LogP contribution is -2.41. The molecular weight excluding hydrogens is 495 g/mol. The van der Waals surface area contributed by atoms with Crippen molar-refractivity contribution in [3.8, 4) is 17.4 Å². The van der Waals surface area contributed by atoms with Crippen LogP contribution in [0.25, 0.3) is 0 Å². The number of benzene rings is 2. The third-order valence-electron chi connectivity index (χ3n) is 7.25. The number of fused-ring (bicyclic) bond motifs is 1. The number of hydrogen-bond acceptors (Lipinski definition) is 5. The Morgan fingerprint density at radius 3 is 2.32 bits per heavy atom. The first kappa shape index (κ1) is 26.0. The lowest BCUT2D eigenvalue weighted by molar-refractivity contribution is -0.137. The molecule has 200 valence electrons. The molecule has 1 aromatic heterocycles. The maximum atomic E-state index is 12.7. The van der Waals surface area contributed by atoms with E-state index in [1.165, 1.54) is 11.1 Å². The van der Waals surface area contributed by atoms with Crippen LogP contribution in [0.3, 0.4) is 0 Å². The second kappa shape index (κ2) is 11.4. The van der Waals surface area contributed by atoms with E-state index < -0.39 is 11.7 Å². The van der Waals surface area contributed by atoms with E-state index in [2.05, 4.69) is 34.1 Å². The van der Waals surface area contributed by atoms with Crippen molar-refractivity contribution in [2.45, 2.75) is 38.4 Å². The smallest absolute Gasteiger partial charge is 0.417 e. The van der Waals surface area contributed by atoms with Gasteiger partial charge in [-0.15, -0.1) is 0 Å². The maximum absolute atomic E-state index is 12.7. The number of ether oxygens (including phenoxy) is 2. The third kappa shape index (κ3) is 6.64. The van der Waals surface area contributed by atoms with Crippen LogP contribution in [0.15, 0.2) is 66.9 Å². The molecule has 38 heavy (non-hydrogen) atoms. The molecule has 9 heteroatoms. The minimum atomic E-state index is -4.45. The van der Waals surface area contributed by atoms with Crippen LogP contribution in [0.1, 0.15) is 36.0 Å². The molecular formula is C29H30F3N3O3. The van der Waals surface area contributed by atoms with E-state index in [0.29, 0.717) is 30.5 Å². The predicted molar refractivity (Wildman–Crippen MR) is 136 cm³/mol. The van der Waals surface area contributed by atoms with Crippen LogP contribution in [0.2, 0.25) is 0 Å². The van der Waals surface area contributed by atoms with Gasteiger partial charge >= 0.3 is 12.3 Å². The van der Waals surface area contributed by atoms with E-state index in [1.807, 2.05) is 0 Å². The molecule has 5 rings (SSSR count). The van der Waals surface area contributed by atoms with Crippen molar-refractivity contribution in [1.82, 2.24) is 14.8 Å². The number of rotatable bonds is 6. The Balaban J connectivity index is 1.04. The van der Waals surface area contributed by atoms with E-state index in [0.717, 1.165) is 63.6 Å². The summed E-state index contributed by atoms with van der Waals surface area (Å²) in [6, 6.07) is 17.1. The number of piperidine rings is 1. The first-order valence-electron chi connectivity index (χ1n) is 12.9. The van der Waals surface area contributed by atoms with Crippen molar-refractivity contribution >= 4 is 6.09 Å². The van der Waals surface area contributed by atoms with Gasteiger partial charge in [-0.3, -0.25) is 4.90 Å². The summed E-state index contributed by atoms with van der Waals surface area (Å²) in [6.45, 7) is 4.55. The molecule has 2 aliphatic rings. The number of alkyl halides is 3. The lowest BCUT2D eigenvalue weighted by atomic mass is 9.92. The Morgan fingerprint density at radius 1 is 0.921 bits per heavy atom. The molecule has 0 aliphatic carbocycles. The minimum absolute atomic E-state index is 0.0377. The summed E-state index contributed by atoms with van der Waals surface area (Å²) in [6.07, 6.45) is 0.0710. The molecule has 0 saturated carbocycles. The summed E-state index contributed by atoms with van der Waals surface area (Å²) in [4.78, 5) is 20.6. The van der Waals surface area contributed by atoms with Gasteiger partial charge in [0.1, 0.15) is 11.5 Å². The van der Waals surface area contributed by atoms with Crippen LogP contribution < -0.4 is 9.47 Å². The van der Waals surface area contributed by atoms with Gasteiger partial charge in [0.15, 0.2) is 0 Å².